The zero-order valence-corrected chi connectivity index (χ0v) is 11.2. The van der Waals surface area contributed by atoms with Crippen molar-refractivity contribution in [3.63, 3.8) is 0 Å². The van der Waals surface area contributed by atoms with Crippen molar-refractivity contribution in [1.82, 2.24) is 14.8 Å². The Kier molecular flexibility index (Phi) is 4.06. The van der Waals surface area contributed by atoms with Crippen LogP contribution >= 0.6 is 11.8 Å². The topological polar surface area (TPSA) is 93.8 Å². The molecule has 1 heterocycles. The lowest BCUT2D eigenvalue weighted by molar-refractivity contribution is 0.596. The number of nitrogens with two attached hydrogens (primary N) is 1. The van der Waals surface area contributed by atoms with Crippen molar-refractivity contribution >= 4 is 17.4 Å². The highest BCUT2D eigenvalue weighted by Crippen LogP contribution is 2.17. The van der Waals surface area contributed by atoms with Crippen LogP contribution in [0.15, 0.2) is 39.0 Å². The van der Waals surface area contributed by atoms with Crippen LogP contribution < -0.4 is 16.9 Å². The largest absolute Gasteiger partial charge is 0.399 e. The van der Waals surface area contributed by atoms with Gasteiger partial charge >= 0.3 is 11.1 Å². The summed E-state index contributed by atoms with van der Waals surface area (Å²) in [6.45, 7) is 0. The fourth-order valence-electron chi connectivity index (χ4n) is 1.60. The molecule has 0 bridgehead atoms. The molecule has 0 saturated carbocycles. The van der Waals surface area contributed by atoms with Gasteiger partial charge in [-0.2, -0.15) is 4.98 Å². The van der Waals surface area contributed by atoms with Crippen LogP contribution in [0.2, 0.25) is 0 Å². The molecule has 3 N–H and O–H groups in total. The van der Waals surface area contributed by atoms with E-state index >= 15 is 0 Å². The summed E-state index contributed by atoms with van der Waals surface area (Å²) < 4.78 is 1.45. The predicted molar refractivity (Wildman–Crippen MR) is 75.4 cm³/mol. The van der Waals surface area contributed by atoms with Crippen LogP contribution in [0.1, 0.15) is 5.56 Å². The fraction of sp³-hybridized carbons (Fsp3) is 0.250. The number of para-hydroxylation sites is 1. The van der Waals surface area contributed by atoms with E-state index < -0.39 is 11.1 Å². The summed E-state index contributed by atoms with van der Waals surface area (Å²) in [7, 11) is 1.65. The molecule has 0 amide bonds. The first-order valence-electron chi connectivity index (χ1n) is 5.71. The lowest BCUT2D eigenvalue weighted by Crippen LogP contribution is -2.33. The molecule has 0 fully saturated rings. The van der Waals surface area contributed by atoms with Gasteiger partial charge in [0.05, 0.1) is 0 Å². The molecule has 0 aliphatic rings. The number of nitrogen functional groups attached to an aromatic ring is 1. The minimum atomic E-state index is -0.764. The van der Waals surface area contributed by atoms with E-state index in [4.69, 9.17) is 5.73 Å². The van der Waals surface area contributed by atoms with Crippen molar-refractivity contribution < 1.29 is 0 Å². The monoisotopic (exact) mass is 278 g/mol. The summed E-state index contributed by atoms with van der Waals surface area (Å²) in [6, 6.07) is 7.65. The highest BCUT2D eigenvalue weighted by atomic mass is 32.2. The minimum Gasteiger partial charge on any atom is -0.399 e. The van der Waals surface area contributed by atoms with E-state index in [0.29, 0.717) is 5.16 Å². The van der Waals surface area contributed by atoms with Gasteiger partial charge in [0.15, 0.2) is 5.16 Å². The van der Waals surface area contributed by atoms with Gasteiger partial charge in [0, 0.05) is 18.5 Å². The van der Waals surface area contributed by atoms with Gasteiger partial charge in [-0.05, 0) is 18.1 Å². The second-order valence-electron chi connectivity index (χ2n) is 4.00. The predicted octanol–water partition coefficient (Wildman–Crippen LogP) is 0.386. The standard InChI is InChI=1S/C12H14N4O2S/c1-16-12(14-10(17)11(18)15-16)19-7-6-8-4-2-3-5-9(8)13/h2-5H,6-7,13H2,1H3,(H,15,18). The van der Waals surface area contributed by atoms with Crippen molar-refractivity contribution in [3.05, 3.63) is 50.5 Å². The second-order valence-corrected chi connectivity index (χ2v) is 5.06. The van der Waals surface area contributed by atoms with Gasteiger partial charge in [0.2, 0.25) is 0 Å². The Morgan fingerprint density at radius 1 is 1.37 bits per heavy atom. The first-order chi connectivity index (χ1) is 9.08. The molecular weight excluding hydrogens is 264 g/mol. The Hall–Kier alpha value is -2.02. The number of anilines is 1. The normalized spacial score (nSPS) is 10.6. The maximum absolute atomic E-state index is 11.2. The molecule has 0 aliphatic carbocycles. The third kappa shape index (κ3) is 3.25. The molecule has 1 aromatic heterocycles. The molecule has 7 heteroatoms. The number of H-pyrrole nitrogens is 1. The van der Waals surface area contributed by atoms with E-state index in [9.17, 15) is 9.59 Å². The second kappa shape index (κ2) is 5.75. The van der Waals surface area contributed by atoms with Gasteiger partial charge in [-0.1, -0.05) is 30.0 Å². The first-order valence-corrected chi connectivity index (χ1v) is 6.70. The molecular formula is C12H14N4O2S. The summed E-state index contributed by atoms with van der Waals surface area (Å²) in [5.41, 5.74) is 6.19. The quantitative estimate of drug-likeness (QED) is 0.479. The van der Waals surface area contributed by atoms with Crippen LogP contribution in [0, 0.1) is 0 Å². The van der Waals surface area contributed by atoms with Crippen LogP contribution in [0.3, 0.4) is 0 Å². The average molecular weight is 278 g/mol. The number of thioether (sulfide) groups is 1. The van der Waals surface area contributed by atoms with Gasteiger partial charge < -0.3 is 5.73 Å². The minimum absolute atomic E-state index is 0.485. The van der Waals surface area contributed by atoms with Crippen molar-refractivity contribution in [3.8, 4) is 0 Å². The molecule has 0 aliphatic heterocycles. The third-order valence-electron chi connectivity index (χ3n) is 2.61. The molecule has 2 aromatic rings. The smallest absolute Gasteiger partial charge is 0.339 e. The van der Waals surface area contributed by atoms with Crippen LogP contribution in [0.5, 0.6) is 0 Å². The van der Waals surface area contributed by atoms with Gasteiger partial charge in [-0.3, -0.25) is 19.4 Å². The molecule has 0 saturated heterocycles. The number of aromatic amines is 1. The van der Waals surface area contributed by atoms with E-state index in [0.717, 1.165) is 23.4 Å². The Morgan fingerprint density at radius 3 is 2.84 bits per heavy atom. The third-order valence-corrected chi connectivity index (χ3v) is 3.64. The molecule has 0 atom stereocenters. The molecule has 0 spiro atoms. The van der Waals surface area contributed by atoms with Gasteiger partial charge in [-0.15, -0.1) is 0 Å². The molecule has 0 unspecified atom stereocenters. The zero-order valence-electron chi connectivity index (χ0n) is 10.4. The van der Waals surface area contributed by atoms with Crippen molar-refractivity contribution in [2.75, 3.05) is 11.5 Å². The van der Waals surface area contributed by atoms with E-state index in [-0.39, 0.29) is 0 Å². The Labute approximate surface area is 113 Å². The van der Waals surface area contributed by atoms with Gasteiger partial charge in [0.25, 0.3) is 0 Å². The summed E-state index contributed by atoms with van der Waals surface area (Å²) in [5.74, 6) is 0.723. The van der Waals surface area contributed by atoms with E-state index in [2.05, 4.69) is 10.1 Å². The number of nitrogens with zero attached hydrogens (tertiary/aromatic N) is 2. The van der Waals surface area contributed by atoms with Crippen LogP contribution in [0.25, 0.3) is 0 Å². The van der Waals surface area contributed by atoms with Crippen molar-refractivity contribution in [2.24, 2.45) is 7.05 Å². The lowest BCUT2D eigenvalue weighted by atomic mass is 10.1. The number of rotatable bonds is 4. The number of hydrogen-bond donors (Lipinski definition) is 2. The number of nitrogens with one attached hydrogen (secondary N) is 1. The van der Waals surface area contributed by atoms with Crippen molar-refractivity contribution in [2.45, 2.75) is 11.6 Å². The Balaban J connectivity index is 2.04. The summed E-state index contributed by atoms with van der Waals surface area (Å²) in [6.07, 6.45) is 0.770. The Morgan fingerprint density at radius 2 is 2.11 bits per heavy atom. The lowest BCUT2D eigenvalue weighted by Gasteiger charge is -2.07. The van der Waals surface area contributed by atoms with Crippen molar-refractivity contribution in [1.29, 1.82) is 0 Å². The van der Waals surface area contributed by atoms with Crippen LogP contribution in [0.4, 0.5) is 5.69 Å². The van der Waals surface area contributed by atoms with E-state index in [1.807, 2.05) is 24.3 Å². The maximum Gasteiger partial charge on any atom is 0.339 e. The fourth-order valence-corrected chi connectivity index (χ4v) is 2.50. The Bertz CT molecular complexity index is 693. The van der Waals surface area contributed by atoms with Gasteiger partial charge in [-0.25, -0.2) is 0 Å². The number of hydrogen-bond acceptors (Lipinski definition) is 5. The maximum atomic E-state index is 11.2. The van der Waals surface area contributed by atoms with Gasteiger partial charge in [0.1, 0.15) is 0 Å². The molecule has 2 rings (SSSR count). The molecule has 100 valence electrons. The van der Waals surface area contributed by atoms with Crippen LogP contribution in [-0.2, 0) is 13.5 Å². The highest BCUT2D eigenvalue weighted by Gasteiger charge is 2.05. The summed E-state index contributed by atoms with van der Waals surface area (Å²) in [5, 5.41) is 2.89. The number of aromatic nitrogens is 3. The highest BCUT2D eigenvalue weighted by molar-refractivity contribution is 7.99. The van der Waals surface area contributed by atoms with E-state index in [1.165, 1.54) is 16.4 Å². The molecule has 0 radical (unpaired) electrons. The SMILES string of the molecule is Cn1[nH]c(=O)c(=O)nc1SCCc1ccccc1N. The summed E-state index contributed by atoms with van der Waals surface area (Å²) >= 11 is 1.40. The number of aryl methyl sites for hydroxylation is 2. The molecule has 1 aromatic carbocycles. The number of benzene rings is 1. The summed E-state index contributed by atoms with van der Waals surface area (Å²) in [4.78, 5) is 26.0. The van der Waals surface area contributed by atoms with E-state index in [1.54, 1.807) is 7.05 Å². The molecule has 19 heavy (non-hydrogen) atoms. The zero-order chi connectivity index (χ0) is 13.8. The van der Waals surface area contributed by atoms with Crippen LogP contribution in [-0.4, -0.2) is 20.5 Å². The average Bonchev–Trinajstić information content (AvgIpc) is 2.38. The first kappa shape index (κ1) is 13.4. The molecule has 6 nitrogen and oxygen atoms in total.